The molecule has 0 spiro atoms. The van der Waals surface area contributed by atoms with E-state index in [1.54, 1.807) is 0 Å². The van der Waals surface area contributed by atoms with E-state index in [9.17, 15) is 0 Å². The molecular weight excluding hydrogens is 230 g/mol. The lowest BCUT2D eigenvalue weighted by Gasteiger charge is -2.11. The van der Waals surface area contributed by atoms with Gasteiger partial charge in [0.15, 0.2) is 0 Å². The van der Waals surface area contributed by atoms with Crippen LogP contribution >= 0.6 is 11.8 Å². The molecule has 17 heavy (non-hydrogen) atoms. The third-order valence-electron chi connectivity index (χ3n) is 2.60. The molecule has 2 N–H and O–H groups in total. The predicted octanol–water partition coefficient (Wildman–Crippen LogP) is 3.46. The van der Waals surface area contributed by atoms with E-state index in [1.165, 1.54) is 6.42 Å². The fourth-order valence-corrected chi connectivity index (χ4v) is 1.79. The molecule has 3 nitrogen and oxygen atoms in total. The average molecular weight is 253 g/mol. The Morgan fingerprint density at radius 2 is 1.88 bits per heavy atom. The summed E-state index contributed by atoms with van der Waals surface area (Å²) in [6, 6.07) is 2.12. The highest BCUT2D eigenvalue weighted by Gasteiger charge is 1.99. The lowest BCUT2D eigenvalue weighted by Crippen LogP contribution is -2.08. The Hall–Kier alpha value is -0.900. The first-order valence-electron chi connectivity index (χ1n) is 6.21. The van der Waals surface area contributed by atoms with E-state index in [1.807, 2.05) is 24.2 Å². The minimum Gasteiger partial charge on any atom is -0.384 e. The van der Waals surface area contributed by atoms with Crippen LogP contribution < -0.4 is 10.6 Å². The number of hydrogen-bond acceptors (Lipinski definition) is 4. The van der Waals surface area contributed by atoms with Gasteiger partial charge in [-0.15, -0.1) is 0 Å². The summed E-state index contributed by atoms with van der Waals surface area (Å²) in [5.74, 6) is 0. The molecule has 1 unspecified atom stereocenters. The first-order valence-corrected chi connectivity index (χ1v) is 7.50. The SMILES string of the molecule is CCCNc1cncc(NCCC(C)SC)c1. The first-order chi connectivity index (χ1) is 8.26. The van der Waals surface area contributed by atoms with Crippen LogP contribution in [-0.2, 0) is 0 Å². The predicted molar refractivity (Wildman–Crippen MR) is 79.1 cm³/mol. The molecule has 0 saturated heterocycles. The van der Waals surface area contributed by atoms with Gasteiger partial charge in [0.1, 0.15) is 0 Å². The molecule has 0 bridgehead atoms. The van der Waals surface area contributed by atoms with Crippen LogP contribution in [0, 0.1) is 0 Å². The third-order valence-corrected chi connectivity index (χ3v) is 3.64. The standard InChI is InChI=1S/C13H23N3S/c1-4-6-15-12-8-13(10-14-9-12)16-7-5-11(2)17-3/h8-11,15-16H,4-7H2,1-3H3. The van der Waals surface area contributed by atoms with Gasteiger partial charge in [-0.05, 0) is 25.2 Å². The summed E-state index contributed by atoms with van der Waals surface area (Å²) in [6.45, 7) is 6.41. The van der Waals surface area contributed by atoms with Crippen LogP contribution in [-0.4, -0.2) is 29.6 Å². The van der Waals surface area contributed by atoms with Crippen molar-refractivity contribution in [3.63, 3.8) is 0 Å². The summed E-state index contributed by atoms with van der Waals surface area (Å²) in [6.07, 6.45) is 8.20. The van der Waals surface area contributed by atoms with E-state index in [2.05, 4.69) is 41.8 Å². The Morgan fingerprint density at radius 1 is 1.24 bits per heavy atom. The fraction of sp³-hybridized carbons (Fsp3) is 0.615. The second-order valence-corrected chi connectivity index (χ2v) is 5.43. The highest BCUT2D eigenvalue weighted by atomic mass is 32.2. The van der Waals surface area contributed by atoms with Gasteiger partial charge in [-0.1, -0.05) is 13.8 Å². The van der Waals surface area contributed by atoms with Crippen molar-refractivity contribution >= 4 is 23.1 Å². The van der Waals surface area contributed by atoms with E-state index in [0.717, 1.165) is 30.9 Å². The largest absolute Gasteiger partial charge is 0.384 e. The summed E-state index contributed by atoms with van der Waals surface area (Å²) in [4.78, 5) is 4.23. The smallest absolute Gasteiger partial charge is 0.0547 e. The second-order valence-electron chi connectivity index (χ2n) is 4.15. The summed E-state index contributed by atoms with van der Waals surface area (Å²) in [7, 11) is 0. The molecule has 0 amide bonds. The lowest BCUT2D eigenvalue weighted by atomic mass is 10.3. The number of nitrogens with zero attached hydrogens (tertiary/aromatic N) is 1. The van der Waals surface area contributed by atoms with Crippen molar-refractivity contribution in [2.75, 3.05) is 30.0 Å². The molecule has 96 valence electrons. The topological polar surface area (TPSA) is 37.0 Å². The quantitative estimate of drug-likeness (QED) is 0.744. The number of pyridine rings is 1. The van der Waals surface area contributed by atoms with E-state index < -0.39 is 0 Å². The molecule has 0 radical (unpaired) electrons. The first kappa shape index (κ1) is 14.2. The Labute approximate surface area is 109 Å². The molecule has 0 fully saturated rings. The van der Waals surface area contributed by atoms with Crippen molar-refractivity contribution in [2.45, 2.75) is 31.9 Å². The van der Waals surface area contributed by atoms with Gasteiger partial charge in [0, 0.05) is 18.3 Å². The van der Waals surface area contributed by atoms with Crippen LogP contribution in [0.15, 0.2) is 18.5 Å². The van der Waals surface area contributed by atoms with Crippen molar-refractivity contribution in [2.24, 2.45) is 0 Å². The molecule has 0 aromatic carbocycles. The summed E-state index contributed by atoms with van der Waals surface area (Å²) >= 11 is 1.91. The monoisotopic (exact) mass is 253 g/mol. The van der Waals surface area contributed by atoms with Crippen LogP contribution in [0.25, 0.3) is 0 Å². The number of anilines is 2. The van der Waals surface area contributed by atoms with Crippen molar-refractivity contribution in [1.82, 2.24) is 4.98 Å². The van der Waals surface area contributed by atoms with Gasteiger partial charge in [-0.3, -0.25) is 4.98 Å². The van der Waals surface area contributed by atoms with E-state index in [4.69, 9.17) is 0 Å². The van der Waals surface area contributed by atoms with E-state index >= 15 is 0 Å². The Morgan fingerprint density at radius 3 is 2.47 bits per heavy atom. The second kappa shape index (κ2) is 8.23. The zero-order valence-electron chi connectivity index (χ0n) is 11.0. The van der Waals surface area contributed by atoms with Gasteiger partial charge in [0.05, 0.1) is 23.8 Å². The van der Waals surface area contributed by atoms with Gasteiger partial charge >= 0.3 is 0 Å². The number of aromatic nitrogens is 1. The van der Waals surface area contributed by atoms with Crippen molar-refractivity contribution in [3.05, 3.63) is 18.5 Å². The van der Waals surface area contributed by atoms with E-state index in [0.29, 0.717) is 5.25 Å². The van der Waals surface area contributed by atoms with Gasteiger partial charge in [0.2, 0.25) is 0 Å². The number of hydrogen-bond donors (Lipinski definition) is 2. The van der Waals surface area contributed by atoms with Crippen LogP contribution in [0.2, 0.25) is 0 Å². The summed E-state index contributed by atoms with van der Waals surface area (Å²) < 4.78 is 0. The summed E-state index contributed by atoms with van der Waals surface area (Å²) in [5, 5.41) is 7.45. The zero-order chi connectivity index (χ0) is 12.5. The van der Waals surface area contributed by atoms with Gasteiger partial charge in [0.25, 0.3) is 0 Å². The van der Waals surface area contributed by atoms with Gasteiger partial charge < -0.3 is 10.6 Å². The van der Waals surface area contributed by atoms with Gasteiger partial charge in [-0.2, -0.15) is 11.8 Å². The molecule has 1 atom stereocenters. The highest BCUT2D eigenvalue weighted by molar-refractivity contribution is 7.99. The maximum Gasteiger partial charge on any atom is 0.0547 e. The fourth-order valence-electron chi connectivity index (χ4n) is 1.44. The van der Waals surface area contributed by atoms with Crippen LogP contribution in [0.5, 0.6) is 0 Å². The molecule has 0 saturated carbocycles. The van der Waals surface area contributed by atoms with Crippen LogP contribution in [0.1, 0.15) is 26.7 Å². The van der Waals surface area contributed by atoms with Crippen molar-refractivity contribution in [3.8, 4) is 0 Å². The third kappa shape index (κ3) is 5.82. The number of rotatable bonds is 8. The normalized spacial score (nSPS) is 12.2. The van der Waals surface area contributed by atoms with E-state index in [-0.39, 0.29) is 0 Å². The molecule has 0 aliphatic heterocycles. The minimum atomic E-state index is 0.705. The number of nitrogens with one attached hydrogen (secondary N) is 2. The van der Waals surface area contributed by atoms with Crippen LogP contribution in [0.4, 0.5) is 11.4 Å². The molecule has 1 aromatic rings. The maximum atomic E-state index is 4.23. The highest BCUT2D eigenvalue weighted by Crippen LogP contribution is 2.14. The zero-order valence-corrected chi connectivity index (χ0v) is 11.8. The molecule has 0 aliphatic carbocycles. The number of thioether (sulfide) groups is 1. The lowest BCUT2D eigenvalue weighted by molar-refractivity contribution is 0.853. The Kier molecular flexibility index (Phi) is 6.86. The van der Waals surface area contributed by atoms with Crippen LogP contribution in [0.3, 0.4) is 0 Å². The molecule has 1 aromatic heterocycles. The molecule has 0 aliphatic rings. The van der Waals surface area contributed by atoms with Crippen molar-refractivity contribution in [1.29, 1.82) is 0 Å². The summed E-state index contributed by atoms with van der Waals surface area (Å²) in [5.41, 5.74) is 2.19. The maximum absolute atomic E-state index is 4.23. The Bertz CT molecular complexity index is 317. The Balaban J connectivity index is 2.37. The molecule has 4 heteroatoms. The van der Waals surface area contributed by atoms with Gasteiger partial charge in [-0.25, -0.2) is 0 Å². The average Bonchev–Trinajstić information content (AvgIpc) is 2.36. The molecule has 1 rings (SSSR count). The minimum absolute atomic E-state index is 0.705. The molecule has 1 heterocycles. The van der Waals surface area contributed by atoms with Crippen molar-refractivity contribution < 1.29 is 0 Å². The molecular formula is C13H23N3S.